The van der Waals surface area contributed by atoms with Gasteiger partial charge in [0.25, 0.3) is 0 Å². The highest BCUT2D eigenvalue weighted by Gasteiger charge is 2.18. The summed E-state index contributed by atoms with van der Waals surface area (Å²) in [6.07, 6.45) is 1.06. The van der Waals surface area contributed by atoms with Crippen molar-refractivity contribution >= 4 is 21.5 Å². The third-order valence-corrected chi connectivity index (χ3v) is 3.20. The Labute approximate surface area is 101 Å². The maximum atomic E-state index is 11.6. The molecule has 0 aliphatic rings. The van der Waals surface area contributed by atoms with E-state index in [2.05, 4.69) is 0 Å². The largest absolute Gasteiger partial charge is 0.497 e. The molecule has 6 nitrogen and oxygen atoms in total. The fourth-order valence-electron chi connectivity index (χ4n) is 1.32. The van der Waals surface area contributed by atoms with E-state index in [4.69, 9.17) is 15.9 Å². The van der Waals surface area contributed by atoms with Crippen molar-refractivity contribution in [2.24, 2.45) is 5.73 Å². The Bertz CT molecular complexity index is 513. The number of ether oxygens (including phenoxy) is 1. The Morgan fingerprint density at radius 1 is 1.53 bits per heavy atom. The van der Waals surface area contributed by atoms with E-state index in [1.807, 2.05) is 0 Å². The number of sulfonamides is 1. The second kappa shape index (κ2) is 5.05. The van der Waals surface area contributed by atoms with Gasteiger partial charge in [0.05, 0.1) is 25.6 Å². The van der Waals surface area contributed by atoms with Gasteiger partial charge in [-0.2, -0.15) is 0 Å². The zero-order chi connectivity index (χ0) is 13.1. The Balaban J connectivity index is 3.17. The summed E-state index contributed by atoms with van der Waals surface area (Å²) in [4.78, 5) is 0. The summed E-state index contributed by atoms with van der Waals surface area (Å²) in [7, 11) is -1.99. The molecule has 0 heterocycles. The summed E-state index contributed by atoms with van der Waals surface area (Å²) in [5.74, 6) is 0.318. The molecule has 94 valence electrons. The van der Waals surface area contributed by atoms with Crippen molar-refractivity contribution in [1.29, 1.82) is 5.41 Å². The molecule has 3 N–H and O–H groups in total. The van der Waals surface area contributed by atoms with Gasteiger partial charge in [-0.25, -0.2) is 8.42 Å². The SMILES string of the molecule is COc1cccc(N(CC(=N)N)S(C)(=O)=O)c1. The summed E-state index contributed by atoms with van der Waals surface area (Å²) in [6, 6.07) is 6.57. The lowest BCUT2D eigenvalue weighted by molar-refractivity contribution is 0.415. The molecule has 0 atom stereocenters. The van der Waals surface area contributed by atoms with Gasteiger partial charge in [-0.15, -0.1) is 0 Å². The van der Waals surface area contributed by atoms with Gasteiger partial charge in [0.2, 0.25) is 10.0 Å². The lowest BCUT2D eigenvalue weighted by atomic mass is 10.3. The second-order valence-electron chi connectivity index (χ2n) is 3.50. The lowest BCUT2D eigenvalue weighted by Crippen LogP contribution is -2.37. The van der Waals surface area contributed by atoms with Gasteiger partial charge in [0.15, 0.2) is 0 Å². The number of hydrogen-bond donors (Lipinski definition) is 2. The summed E-state index contributed by atoms with van der Waals surface area (Å²) >= 11 is 0. The van der Waals surface area contributed by atoms with Crippen LogP contribution in [0.3, 0.4) is 0 Å². The molecule has 0 aliphatic heterocycles. The van der Waals surface area contributed by atoms with Crippen molar-refractivity contribution in [3.63, 3.8) is 0 Å². The molecule has 0 fully saturated rings. The molecule has 1 aromatic rings. The van der Waals surface area contributed by atoms with Crippen molar-refractivity contribution in [1.82, 2.24) is 0 Å². The average Bonchev–Trinajstić information content (AvgIpc) is 2.24. The van der Waals surface area contributed by atoms with Gasteiger partial charge in [0.1, 0.15) is 11.6 Å². The number of nitrogens with one attached hydrogen (secondary N) is 1. The molecule has 0 bridgehead atoms. The van der Waals surface area contributed by atoms with Crippen LogP contribution in [0.4, 0.5) is 5.69 Å². The molecule has 1 aromatic carbocycles. The molecule has 0 aromatic heterocycles. The monoisotopic (exact) mass is 257 g/mol. The highest BCUT2D eigenvalue weighted by molar-refractivity contribution is 7.92. The van der Waals surface area contributed by atoms with Crippen molar-refractivity contribution in [2.45, 2.75) is 0 Å². The van der Waals surface area contributed by atoms with Gasteiger partial charge >= 0.3 is 0 Å². The molecular formula is C10H15N3O3S. The Kier molecular flexibility index (Phi) is 3.95. The van der Waals surface area contributed by atoms with E-state index in [-0.39, 0.29) is 12.4 Å². The minimum atomic E-state index is -3.48. The van der Waals surface area contributed by atoms with Crippen LogP contribution in [0, 0.1) is 5.41 Å². The van der Waals surface area contributed by atoms with E-state index in [1.54, 1.807) is 24.3 Å². The summed E-state index contributed by atoms with van der Waals surface area (Å²) in [5.41, 5.74) is 5.66. The predicted octanol–water partition coefficient (Wildman–Crippen LogP) is 0.397. The third-order valence-electron chi connectivity index (χ3n) is 2.06. The molecule has 7 heteroatoms. The third kappa shape index (κ3) is 3.63. The quantitative estimate of drug-likeness (QED) is 0.589. The van der Waals surface area contributed by atoms with Crippen molar-refractivity contribution in [3.05, 3.63) is 24.3 Å². The lowest BCUT2D eigenvalue weighted by Gasteiger charge is -2.21. The number of nitrogens with zero attached hydrogens (tertiary/aromatic N) is 1. The smallest absolute Gasteiger partial charge is 0.232 e. The zero-order valence-corrected chi connectivity index (χ0v) is 10.5. The first kappa shape index (κ1) is 13.3. The molecule has 1 rings (SSSR count). The van der Waals surface area contributed by atoms with Crippen LogP contribution < -0.4 is 14.8 Å². The molecule has 0 saturated carbocycles. The van der Waals surface area contributed by atoms with Gasteiger partial charge in [-0.3, -0.25) is 9.71 Å². The van der Waals surface area contributed by atoms with Crippen LogP contribution in [0.2, 0.25) is 0 Å². The fourth-order valence-corrected chi connectivity index (χ4v) is 2.19. The topological polar surface area (TPSA) is 96.5 Å². The molecule has 0 radical (unpaired) electrons. The van der Waals surface area contributed by atoms with E-state index < -0.39 is 10.0 Å². The first-order valence-electron chi connectivity index (χ1n) is 4.79. The Morgan fingerprint density at radius 3 is 2.65 bits per heavy atom. The van der Waals surface area contributed by atoms with Gasteiger partial charge < -0.3 is 10.5 Å². The van der Waals surface area contributed by atoms with Crippen LogP contribution in [0.1, 0.15) is 0 Å². The van der Waals surface area contributed by atoms with Crippen LogP contribution in [-0.2, 0) is 10.0 Å². The van der Waals surface area contributed by atoms with E-state index in [1.165, 1.54) is 7.11 Å². The average molecular weight is 257 g/mol. The minimum Gasteiger partial charge on any atom is -0.497 e. The molecule has 0 unspecified atom stereocenters. The number of methoxy groups -OCH3 is 1. The fraction of sp³-hybridized carbons (Fsp3) is 0.300. The predicted molar refractivity (Wildman–Crippen MR) is 67.1 cm³/mol. The van der Waals surface area contributed by atoms with Crippen LogP contribution >= 0.6 is 0 Å². The van der Waals surface area contributed by atoms with E-state index in [0.717, 1.165) is 10.6 Å². The van der Waals surface area contributed by atoms with E-state index in [9.17, 15) is 8.42 Å². The highest BCUT2D eigenvalue weighted by atomic mass is 32.2. The maximum Gasteiger partial charge on any atom is 0.232 e. The molecule has 17 heavy (non-hydrogen) atoms. The van der Waals surface area contributed by atoms with Gasteiger partial charge in [-0.1, -0.05) is 6.07 Å². The first-order chi connectivity index (χ1) is 7.84. The van der Waals surface area contributed by atoms with Crippen molar-refractivity contribution in [3.8, 4) is 5.75 Å². The number of amidine groups is 1. The molecule has 0 amide bonds. The summed E-state index contributed by atoms with van der Waals surface area (Å²) in [5, 5.41) is 7.19. The van der Waals surface area contributed by atoms with Crippen LogP contribution in [0.15, 0.2) is 24.3 Å². The zero-order valence-electron chi connectivity index (χ0n) is 9.67. The van der Waals surface area contributed by atoms with E-state index >= 15 is 0 Å². The number of hydrogen-bond acceptors (Lipinski definition) is 4. The Morgan fingerprint density at radius 2 is 2.18 bits per heavy atom. The molecule has 0 spiro atoms. The van der Waals surface area contributed by atoms with Crippen LogP contribution in [0.5, 0.6) is 5.75 Å². The van der Waals surface area contributed by atoms with Crippen LogP contribution in [-0.4, -0.2) is 34.2 Å². The number of anilines is 1. The van der Waals surface area contributed by atoms with E-state index in [0.29, 0.717) is 11.4 Å². The molecule has 0 saturated heterocycles. The minimum absolute atomic E-state index is 0.175. The second-order valence-corrected chi connectivity index (χ2v) is 5.40. The Hall–Kier alpha value is -1.76. The molecular weight excluding hydrogens is 242 g/mol. The summed E-state index contributed by atoms with van der Waals surface area (Å²) in [6.45, 7) is -0.175. The number of rotatable bonds is 5. The standard InChI is InChI=1S/C10H15N3O3S/c1-16-9-5-3-4-8(6-9)13(7-10(11)12)17(2,14)15/h3-6H,7H2,1-2H3,(H3,11,12). The number of nitrogens with two attached hydrogens (primary N) is 1. The highest BCUT2D eigenvalue weighted by Crippen LogP contribution is 2.22. The van der Waals surface area contributed by atoms with Crippen molar-refractivity contribution in [2.75, 3.05) is 24.2 Å². The normalized spacial score (nSPS) is 10.9. The van der Waals surface area contributed by atoms with Gasteiger partial charge in [-0.05, 0) is 12.1 Å². The number of benzene rings is 1. The summed E-state index contributed by atoms with van der Waals surface area (Å²) < 4.78 is 29.3. The van der Waals surface area contributed by atoms with Gasteiger partial charge in [0, 0.05) is 6.07 Å². The van der Waals surface area contributed by atoms with Crippen LogP contribution in [0.25, 0.3) is 0 Å². The maximum absolute atomic E-state index is 11.6. The molecule has 0 aliphatic carbocycles. The first-order valence-corrected chi connectivity index (χ1v) is 6.64. The van der Waals surface area contributed by atoms with Crippen molar-refractivity contribution < 1.29 is 13.2 Å².